The molecule has 1 unspecified atom stereocenters. The maximum Gasteiger partial charge on any atom is 0.410 e. The van der Waals surface area contributed by atoms with Gasteiger partial charge in [0, 0.05) is 19.1 Å². The topological polar surface area (TPSA) is 84.7 Å². The first-order chi connectivity index (χ1) is 9.60. The van der Waals surface area contributed by atoms with Crippen LogP contribution in [-0.2, 0) is 9.53 Å². The molecular weight excluding hydrogens is 270 g/mol. The Labute approximate surface area is 127 Å². The van der Waals surface area contributed by atoms with Crippen LogP contribution < -0.4 is 11.1 Å². The van der Waals surface area contributed by atoms with Crippen molar-refractivity contribution in [1.82, 2.24) is 10.2 Å². The van der Waals surface area contributed by atoms with Gasteiger partial charge in [-0.05, 0) is 39.5 Å². The minimum Gasteiger partial charge on any atom is -0.444 e. The fourth-order valence-electron chi connectivity index (χ4n) is 2.19. The smallest absolute Gasteiger partial charge is 0.410 e. The van der Waals surface area contributed by atoms with Crippen molar-refractivity contribution in [2.75, 3.05) is 13.1 Å². The molecule has 1 saturated heterocycles. The standard InChI is InChI=1S/C15H29N3O3/c1-10(2)12(16)13(19)17-11-7-6-8-18(9-11)14(20)21-15(3,4)5/h10-12H,6-9,16H2,1-5H3,(H,17,19)/t11?,12-/m0/s1. The molecule has 0 aromatic heterocycles. The monoisotopic (exact) mass is 299 g/mol. The summed E-state index contributed by atoms with van der Waals surface area (Å²) in [5, 5.41) is 2.93. The van der Waals surface area contributed by atoms with E-state index in [0.29, 0.717) is 13.1 Å². The van der Waals surface area contributed by atoms with Crippen LogP contribution in [-0.4, -0.2) is 47.7 Å². The molecule has 3 N–H and O–H groups in total. The van der Waals surface area contributed by atoms with E-state index in [-0.39, 0.29) is 24.0 Å². The SMILES string of the molecule is CC(C)[C@H](N)C(=O)NC1CCCN(C(=O)OC(C)(C)C)C1. The number of hydrogen-bond acceptors (Lipinski definition) is 4. The first kappa shape index (κ1) is 17.8. The van der Waals surface area contributed by atoms with E-state index < -0.39 is 11.6 Å². The molecule has 1 aliphatic rings. The van der Waals surface area contributed by atoms with Crippen LogP contribution in [0.25, 0.3) is 0 Å². The molecule has 1 heterocycles. The molecule has 0 saturated carbocycles. The Kier molecular flexibility index (Phi) is 6.01. The second-order valence-corrected chi connectivity index (χ2v) is 7.04. The zero-order valence-electron chi connectivity index (χ0n) is 13.8. The lowest BCUT2D eigenvalue weighted by atomic mass is 10.0. The largest absolute Gasteiger partial charge is 0.444 e. The van der Waals surface area contributed by atoms with Crippen molar-refractivity contribution in [3.63, 3.8) is 0 Å². The lowest BCUT2D eigenvalue weighted by Crippen LogP contribution is -2.54. The molecule has 1 fully saturated rings. The summed E-state index contributed by atoms with van der Waals surface area (Å²) in [6.45, 7) is 10.5. The van der Waals surface area contributed by atoms with E-state index >= 15 is 0 Å². The first-order valence-electron chi connectivity index (χ1n) is 7.64. The molecule has 0 aromatic rings. The molecule has 1 aliphatic heterocycles. The highest BCUT2D eigenvalue weighted by atomic mass is 16.6. The predicted octanol–water partition coefficient (Wildman–Crippen LogP) is 1.49. The van der Waals surface area contributed by atoms with E-state index in [9.17, 15) is 9.59 Å². The number of nitrogens with zero attached hydrogens (tertiary/aromatic N) is 1. The van der Waals surface area contributed by atoms with Gasteiger partial charge >= 0.3 is 6.09 Å². The third-order valence-corrected chi connectivity index (χ3v) is 3.44. The lowest BCUT2D eigenvalue weighted by molar-refractivity contribution is -0.124. The van der Waals surface area contributed by atoms with Crippen molar-refractivity contribution in [3.8, 4) is 0 Å². The molecule has 1 rings (SSSR count). The number of likely N-dealkylation sites (tertiary alicyclic amines) is 1. The summed E-state index contributed by atoms with van der Waals surface area (Å²) >= 11 is 0. The van der Waals surface area contributed by atoms with Crippen LogP contribution in [0.4, 0.5) is 4.79 Å². The lowest BCUT2D eigenvalue weighted by Gasteiger charge is -2.35. The average Bonchev–Trinajstić information content (AvgIpc) is 2.35. The Morgan fingerprint density at radius 1 is 1.33 bits per heavy atom. The average molecular weight is 299 g/mol. The summed E-state index contributed by atoms with van der Waals surface area (Å²) in [6.07, 6.45) is 1.38. The first-order valence-corrected chi connectivity index (χ1v) is 7.64. The maximum atomic E-state index is 12.1. The van der Waals surface area contributed by atoms with Gasteiger partial charge < -0.3 is 20.7 Å². The van der Waals surface area contributed by atoms with Gasteiger partial charge in [0.15, 0.2) is 0 Å². The number of amides is 2. The minimum absolute atomic E-state index is 0.0523. The molecule has 122 valence electrons. The molecule has 0 spiro atoms. The summed E-state index contributed by atoms with van der Waals surface area (Å²) in [5.41, 5.74) is 5.33. The second-order valence-electron chi connectivity index (χ2n) is 7.04. The zero-order valence-corrected chi connectivity index (χ0v) is 13.8. The molecule has 6 heteroatoms. The molecule has 0 bridgehead atoms. The summed E-state index contributed by atoms with van der Waals surface area (Å²) in [5.74, 6) is -0.0587. The summed E-state index contributed by atoms with van der Waals surface area (Å²) in [6, 6.07) is -0.564. The van der Waals surface area contributed by atoms with Gasteiger partial charge in [-0.3, -0.25) is 4.79 Å². The van der Waals surface area contributed by atoms with E-state index in [0.717, 1.165) is 12.8 Å². The van der Waals surface area contributed by atoms with Crippen LogP contribution in [0.5, 0.6) is 0 Å². The summed E-state index contributed by atoms with van der Waals surface area (Å²) in [4.78, 5) is 25.7. The van der Waals surface area contributed by atoms with Gasteiger partial charge in [-0.15, -0.1) is 0 Å². The van der Waals surface area contributed by atoms with E-state index in [1.807, 2.05) is 34.6 Å². The number of rotatable bonds is 3. The van der Waals surface area contributed by atoms with Gasteiger partial charge in [-0.2, -0.15) is 0 Å². The normalized spacial score (nSPS) is 21.1. The molecule has 21 heavy (non-hydrogen) atoms. The number of ether oxygens (including phenoxy) is 1. The molecule has 0 aromatic carbocycles. The Bertz CT molecular complexity index is 377. The molecule has 2 atom stereocenters. The quantitative estimate of drug-likeness (QED) is 0.827. The molecule has 2 amide bonds. The Balaban J connectivity index is 2.52. The van der Waals surface area contributed by atoms with E-state index in [2.05, 4.69) is 5.32 Å². The Morgan fingerprint density at radius 3 is 2.48 bits per heavy atom. The van der Waals surface area contributed by atoms with Crippen LogP contribution in [0.1, 0.15) is 47.5 Å². The maximum absolute atomic E-state index is 12.1. The van der Waals surface area contributed by atoms with Crippen molar-refractivity contribution >= 4 is 12.0 Å². The van der Waals surface area contributed by atoms with Gasteiger partial charge in [0.1, 0.15) is 5.60 Å². The van der Waals surface area contributed by atoms with Gasteiger partial charge in [0.25, 0.3) is 0 Å². The van der Waals surface area contributed by atoms with Crippen molar-refractivity contribution in [1.29, 1.82) is 0 Å². The van der Waals surface area contributed by atoms with Gasteiger partial charge in [-0.25, -0.2) is 4.79 Å². The highest BCUT2D eigenvalue weighted by molar-refractivity contribution is 5.82. The highest BCUT2D eigenvalue weighted by Gasteiger charge is 2.29. The molecule has 0 radical (unpaired) electrons. The number of carbonyl (C=O) groups is 2. The minimum atomic E-state index is -0.512. The Hall–Kier alpha value is -1.30. The van der Waals surface area contributed by atoms with E-state index in [1.54, 1.807) is 4.90 Å². The molecule has 6 nitrogen and oxygen atoms in total. The summed E-state index contributed by atoms with van der Waals surface area (Å²) < 4.78 is 5.37. The summed E-state index contributed by atoms with van der Waals surface area (Å²) in [7, 11) is 0. The fraction of sp³-hybridized carbons (Fsp3) is 0.867. The van der Waals surface area contributed by atoms with Gasteiger partial charge in [0.2, 0.25) is 5.91 Å². The van der Waals surface area contributed by atoms with Crippen molar-refractivity contribution < 1.29 is 14.3 Å². The van der Waals surface area contributed by atoms with Crippen LogP contribution in [0.2, 0.25) is 0 Å². The fourth-order valence-corrected chi connectivity index (χ4v) is 2.19. The number of nitrogens with one attached hydrogen (secondary N) is 1. The third-order valence-electron chi connectivity index (χ3n) is 3.44. The van der Waals surface area contributed by atoms with Crippen molar-refractivity contribution in [3.05, 3.63) is 0 Å². The van der Waals surface area contributed by atoms with Crippen LogP contribution in [0.15, 0.2) is 0 Å². The van der Waals surface area contributed by atoms with E-state index in [4.69, 9.17) is 10.5 Å². The van der Waals surface area contributed by atoms with E-state index in [1.165, 1.54) is 0 Å². The van der Waals surface area contributed by atoms with Crippen LogP contribution in [0, 0.1) is 5.92 Å². The molecular formula is C15H29N3O3. The number of carbonyl (C=O) groups excluding carboxylic acids is 2. The number of nitrogens with two attached hydrogens (primary N) is 1. The number of piperidine rings is 1. The second kappa shape index (κ2) is 7.11. The molecule has 0 aliphatic carbocycles. The third kappa shape index (κ3) is 5.91. The van der Waals surface area contributed by atoms with Gasteiger partial charge in [0.05, 0.1) is 6.04 Å². The number of hydrogen-bond donors (Lipinski definition) is 2. The van der Waals surface area contributed by atoms with Crippen molar-refractivity contribution in [2.45, 2.75) is 65.1 Å². The zero-order chi connectivity index (χ0) is 16.2. The Morgan fingerprint density at radius 2 is 1.95 bits per heavy atom. The van der Waals surface area contributed by atoms with Crippen molar-refractivity contribution in [2.24, 2.45) is 11.7 Å². The van der Waals surface area contributed by atoms with Crippen LogP contribution >= 0.6 is 0 Å². The predicted molar refractivity (Wildman–Crippen MR) is 81.8 cm³/mol. The van der Waals surface area contributed by atoms with Gasteiger partial charge in [-0.1, -0.05) is 13.8 Å². The van der Waals surface area contributed by atoms with Crippen LogP contribution in [0.3, 0.4) is 0 Å². The highest BCUT2D eigenvalue weighted by Crippen LogP contribution is 2.15.